The summed E-state index contributed by atoms with van der Waals surface area (Å²) in [6.45, 7) is 1.85. The number of rotatable bonds is 6. The van der Waals surface area contributed by atoms with Gasteiger partial charge in [-0.2, -0.15) is 5.10 Å². The molecule has 0 aliphatic heterocycles. The number of ether oxygens (including phenoxy) is 3. The van der Waals surface area contributed by atoms with Gasteiger partial charge >= 0.3 is 0 Å². The van der Waals surface area contributed by atoms with Crippen molar-refractivity contribution in [3.8, 4) is 17.2 Å². The van der Waals surface area contributed by atoms with Crippen molar-refractivity contribution in [2.75, 3.05) is 21.3 Å². The van der Waals surface area contributed by atoms with Gasteiger partial charge < -0.3 is 14.2 Å². The molecule has 0 spiro atoms. The monoisotopic (exact) mass is 379 g/mol. The number of hydrogen-bond donors (Lipinski definition) is 1. The van der Waals surface area contributed by atoms with Crippen LogP contribution in [-0.4, -0.2) is 38.4 Å². The zero-order valence-electron chi connectivity index (χ0n) is 16.1. The predicted octanol–water partition coefficient (Wildman–Crippen LogP) is 3.33. The van der Waals surface area contributed by atoms with Gasteiger partial charge in [0.15, 0.2) is 11.5 Å². The standard InChI is InChI=1S/C21H21N3O4/c1-13-9-16(15-7-5-6-8-17(15)23-13)21(25)24-22-12-14-10-18(26-2)20(28-4)19(11-14)27-3/h5-12H,1-4H3,(H,24,25)/b22-12-. The van der Waals surface area contributed by atoms with Crippen molar-refractivity contribution >= 4 is 23.0 Å². The van der Waals surface area contributed by atoms with Crippen LogP contribution in [0.25, 0.3) is 10.9 Å². The van der Waals surface area contributed by atoms with E-state index in [0.717, 1.165) is 16.6 Å². The molecule has 0 unspecified atom stereocenters. The molecule has 1 amide bonds. The third kappa shape index (κ3) is 3.88. The van der Waals surface area contributed by atoms with Gasteiger partial charge in [-0.1, -0.05) is 18.2 Å². The Morgan fingerprint density at radius 3 is 2.36 bits per heavy atom. The molecule has 7 nitrogen and oxygen atoms in total. The van der Waals surface area contributed by atoms with Gasteiger partial charge in [0.2, 0.25) is 5.75 Å². The SMILES string of the molecule is COc1cc(/C=N\NC(=O)c2cc(C)nc3ccccc23)cc(OC)c1OC. The number of para-hydroxylation sites is 1. The van der Waals surface area contributed by atoms with Crippen LogP contribution in [0.15, 0.2) is 47.6 Å². The molecular formula is C21H21N3O4. The van der Waals surface area contributed by atoms with Crippen LogP contribution in [0.5, 0.6) is 17.2 Å². The number of pyridine rings is 1. The van der Waals surface area contributed by atoms with Gasteiger partial charge in [-0.05, 0) is 31.2 Å². The lowest BCUT2D eigenvalue weighted by atomic mass is 10.1. The van der Waals surface area contributed by atoms with E-state index in [2.05, 4.69) is 15.5 Å². The van der Waals surface area contributed by atoms with Crippen molar-refractivity contribution in [3.05, 3.63) is 59.3 Å². The summed E-state index contributed by atoms with van der Waals surface area (Å²) in [6, 6.07) is 12.7. The van der Waals surface area contributed by atoms with Crippen molar-refractivity contribution in [1.82, 2.24) is 10.4 Å². The number of hydrogen-bond acceptors (Lipinski definition) is 6. The Balaban J connectivity index is 1.85. The molecule has 1 N–H and O–H groups in total. The number of carbonyl (C=O) groups excluding carboxylic acids is 1. The van der Waals surface area contributed by atoms with Crippen LogP contribution in [0, 0.1) is 6.92 Å². The average molecular weight is 379 g/mol. The fraction of sp³-hybridized carbons (Fsp3) is 0.190. The lowest BCUT2D eigenvalue weighted by Crippen LogP contribution is -2.18. The second kappa shape index (κ2) is 8.39. The summed E-state index contributed by atoms with van der Waals surface area (Å²) >= 11 is 0. The van der Waals surface area contributed by atoms with Crippen LogP contribution >= 0.6 is 0 Å². The van der Waals surface area contributed by atoms with Crippen LogP contribution in [0.4, 0.5) is 0 Å². The Bertz CT molecular complexity index is 1020. The fourth-order valence-corrected chi connectivity index (χ4v) is 2.90. The van der Waals surface area contributed by atoms with E-state index in [9.17, 15) is 4.79 Å². The topological polar surface area (TPSA) is 82.0 Å². The first kappa shape index (κ1) is 19.2. The van der Waals surface area contributed by atoms with E-state index in [1.807, 2.05) is 31.2 Å². The van der Waals surface area contributed by atoms with E-state index in [1.165, 1.54) is 27.5 Å². The summed E-state index contributed by atoms with van der Waals surface area (Å²) < 4.78 is 15.9. The summed E-state index contributed by atoms with van der Waals surface area (Å²) in [5, 5.41) is 4.84. The summed E-state index contributed by atoms with van der Waals surface area (Å²) in [4.78, 5) is 17.1. The zero-order valence-corrected chi connectivity index (χ0v) is 16.1. The number of aryl methyl sites for hydroxylation is 1. The minimum absolute atomic E-state index is 0.314. The minimum Gasteiger partial charge on any atom is -0.493 e. The second-order valence-electron chi connectivity index (χ2n) is 5.99. The number of methoxy groups -OCH3 is 3. The first-order valence-corrected chi connectivity index (χ1v) is 8.57. The summed E-state index contributed by atoms with van der Waals surface area (Å²) in [5.74, 6) is 1.19. The Kier molecular flexibility index (Phi) is 5.74. The van der Waals surface area contributed by atoms with Gasteiger partial charge in [-0.15, -0.1) is 0 Å². The van der Waals surface area contributed by atoms with E-state index in [0.29, 0.717) is 28.4 Å². The number of fused-ring (bicyclic) bond motifs is 1. The Morgan fingerprint density at radius 1 is 1.04 bits per heavy atom. The molecule has 28 heavy (non-hydrogen) atoms. The molecule has 0 radical (unpaired) electrons. The number of hydrazone groups is 1. The van der Waals surface area contributed by atoms with Crippen molar-refractivity contribution in [1.29, 1.82) is 0 Å². The molecule has 0 bridgehead atoms. The van der Waals surface area contributed by atoms with Gasteiger partial charge in [-0.25, -0.2) is 5.43 Å². The molecule has 7 heteroatoms. The quantitative estimate of drug-likeness (QED) is 0.525. The van der Waals surface area contributed by atoms with Gasteiger partial charge in [0.25, 0.3) is 5.91 Å². The van der Waals surface area contributed by atoms with Crippen LogP contribution in [0.3, 0.4) is 0 Å². The number of aromatic nitrogens is 1. The molecule has 144 valence electrons. The van der Waals surface area contributed by atoms with Crippen LogP contribution in [0.2, 0.25) is 0 Å². The maximum atomic E-state index is 12.6. The van der Waals surface area contributed by atoms with Gasteiger partial charge in [0.1, 0.15) is 0 Å². The summed E-state index contributed by atoms with van der Waals surface area (Å²) in [5.41, 5.74) is 5.29. The number of benzene rings is 2. The van der Waals surface area contributed by atoms with E-state index in [-0.39, 0.29) is 5.91 Å². The van der Waals surface area contributed by atoms with Gasteiger partial charge in [0.05, 0.1) is 38.6 Å². The minimum atomic E-state index is -0.314. The number of nitrogens with zero attached hydrogens (tertiary/aromatic N) is 2. The number of nitrogens with one attached hydrogen (secondary N) is 1. The van der Waals surface area contributed by atoms with Crippen molar-refractivity contribution in [2.45, 2.75) is 6.92 Å². The summed E-state index contributed by atoms with van der Waals surface area (Å²) in [7, 11) is 4.61. The molecule has 0 saturated carbocycles. The molecule has 0 aliphatic rings. The highest BCUT2D eigenvalue weighted by Gasteiger charge is 2.13. The third-order valence-electron chi connectivity index (χ3n) is 4.16. The lowest BCUT2D eigenvalue weighted by Gasteiger charge is -2.12. The molecular weight excluding hydrogens is 358 g/mol. The molecule has 0 fully saturated rings. The predicted molar refractivity (Wildman–Crippen MR) is 108 cm³/mol. The smallest absolute Gasteiger partial charge is 0.272 e. The lowest BCUT2D eigenvalue weighted by molar-refractivity contribution is 0.0956. The first-order valence-electron chi connectivity index (χ1n) is 8.57. The highest BCUT2D eigenvalue weighted by molar-refractivity contribution is 6.06. The fourth-order valence-electron chi connectivity index (χ4n) is 2.90. The van der Waals surface area contributed by atoms with E-state index in [1.54, 1.807) is 18.2 Å². The van der Waals surface area contributed by atoms with Crippen LogP contribution in [0.1, 0.15) is 21.6 Å². The molecule has 3 rings (SSSR count). The highest BCUT2D eigenvalue weighted by atomic mass is 16.5. The molecule has 1 heterocycles. The Hall–Kier alpha value is -3.61. The second-order valence-corrected chi connectivity index (χ2v) is 5.99. The maximum absolute atomic E-state index is 12.6. The van der Waals surface area contributed by atoms with Crippen molar-refractivity contribution in [3.63, 3.8) is 0 Å². The average Bonchev–Trinajstić information content (AvgIpc) is 2.72. The highest BCUT2D eigenvalue weighted by Crippen LogP contribution is 2.37. The molecule has 0 atom stereocenters. The summed E-state index contributed by atoms with van der Waals surface area (Å²) in [6.07, 6.45) is 1.51. The molecule has 0 aliphatic carbocycles. The first-order chi connectivity index (χ1) is 13.6. The van der Waals surface area contributed by atoms with Crippen molar-refractivity contribution < 1.29 is 19.0 Å². The van der Waals surface area contributed by atoms with Gasteiger partial charge in [-0.3, -0.25) is 9.78 Å². The Labute approximate surface area is 162 Å². The van der Waals surface area contributed by atoms with Crippen molar-refractivity contribution in [2.24, 2.45) is 5.10 Å². The number of amides is 1. The number of carbonyl (C=O) groups is 1. The molecule has 3 aromatic rings. The molecule has 0 saturated heterocycles. The third-order valence-corrected chi connectivity index (χ3v) is 4.16. The normalized spacial score (nSPS) is 10.9. The zero-order chi connectivity index (χ0) is 20.1. The molecule has 2 aromatic carbocycles. The maximum Gasteiger partial charge on any atom is 0.272 e. The largest absolute Gasteiger partial charge is 0.493 e. The molecule has 1 aromatic heterocycles. The van der Waals surface area contributed by atoms with E-state index in [4.69, 9.17) is 14.2 Å². The van der Waals surface area contributed by atoms with Crippen LogP contribution < -0.4 is 19.6 Å². The van der Waals surface area contributed by atoms with E-state index < -0.39 is 0 Å². The Morgan fingerprint density at radius 2 is 1.71 bits per heavy atom. The van der Waals surface area contributed by atoms with Gasteiger partial charge in [0, 0.05) is 16.6 Å². The van der Waals surface area contributed by atoms with E-state index >= 15 is 0 Å². The van der Waals surface area contributed by atoms with Crippen LogP contribution in [-0.2, 0) is 0 Å².